The lowest BCUT2D eigenvalue weighted by molar-refractivity contribution is 0.440. The molecule has 18 heavy (non-hydrogen) atoms. The molecule has 4 heteroatoms. The van der Waals surface area contributed by atoms with Crippen LogP contribution in [-0.2, 0) is 25.9 Å². The van der Waals surface area contributed by atoms with Crippen LogP contribution in [0.5, 0.6) is 0 Å². The number of nitrogens with zero attached hydrogens (tertiary/aromatic N) is 2. The van der Waals surface area contributed by atoms with E-state index in [4.69, 9.17) is 10.2 Å². The lowest BCUT2D eigenvalue weighted by Crippen LogP contribution is -2.05. The fourth-order valence-electron chi connectivity index (χ4n) is 2.13. The third kappa shape index (κ3) is 2.48. The Balaban J connectivity index is 2.24. The van der Waals surface area contributed by atoms with Crippen LogP contribution in [-0.4, -0.2) is 9.78 Å². The maximum Gasteiger partial charge on any atom is 0.126 e. The molecule has 0 radical (unpaired) electrons. The molecule has 0 aliphatic rings. The monoisotopic (exact) mass is 247 g/mol. The van der Waals surface area contributed by atoms with Gasteiger partial charge in [-0.2, -0.15) is 5.10 Å². The van der Waals surface area contributed by atoms with Crippen LogP contribution in [0, 0.1) is 6.92 Å². The summed E-state index contributed by atoms with van der Waals surface area (Å²) in [6.07, 6.45) is 1.95. The second-order valence-electron chi connectivity index (χ2n) is 4.51. The number of aromatic nitrogens is 2. The highest BCUT2D eigenvalue weighted by Crippen LogP contribution is 2.16. The fraction of sp³-hybridized carbons (Fsp3) is 0.500. The molecule has 0 saturated carbocycles. The maximum absolute atomic E-state index is 5.72. The van der Waals surface area contributed by atoms with Crippen LogP contribution >= 0.6 is 0 Å². The van der Waals surface area contributed by atoms with Crippen molar-refractivity contribution < 1.29 is 4.42 Å². The topological polar surface area (TPSA) is 57.0 Å². The molecule has 4 nitrogen and oxygen atoms in total. The molecule has 98 valence electrons. The van der Waals surface area contributed by atoms with Crippen LogP contribution in [0.15, 0.2) is 16.5 Å². The summed E-state index contributed by atoms with van der Waals surface area (Å²) < 4.78 is 7.75. The highest BCUT2D eigenvalue weighted by molar-refractivity contribution is 5.21. The summed E-state index contributed by atoms with van der Waals surface area (Å²) in [5.41, 5.74) is 9.12. The van der Waals surface area contributed by atoms with Gasteiger partial charge >= 0.3 is 0 Å². The summed E-state index contributed by atoms with van der Waals surface area (Å²) in [5.74, 6) is 1.79. The van der Waals surface area contributed by atoms with Gasteiger partial charge in [-0.05, 0) is 37.5 Å². The van der Waals surface area contributed by atoms with E-state index in [9.17, 15) is 0 Å². The summed E-state index contributed by atoms with van der Waals surface area (Å²) in [6.45, 7) is 7.42. The molecule has 0 saturated heterocycles. The molecule has 0 fully saturated rings. The van der Waals surface area contributed by atoms with Gasteiger partial charge in [-0.3, -0.25) is 4.68 Å². The number of hydrogen-bond acceptors (Lipinski definition) is 3. The molecule has 2 heterocycles. The number of aryl methyl sites for hydroxylation is 3. The van der Waals surface area contributed by atoms with Crippen molar-refractivity contribution in [1.82, 2.24) is 9.78 Å². The SMILES string of the molecule is CCc1cc(CC)n(Cc2cc(C)c(CN)o2)n1. The lowest BCUT2D eigenvalue weighted by atomic mass is 10.2. The number of nitrogens with two attached hydrogens (primary N) is 1. The van der Waals surface area contributed by atoms with Crippen molar-refractivity contribution >= 4 is 0 Å². The smallest absolute Gasteiger partial charge is 0.126 e. The first-order chi connectivity index (χ1) is 8.67. The predicted molar refractivity (Wildman–Crippen MR) is 71.4 cm³/mol. The van der Waals surface area contributed by atoms with E-state index in [1.165, 1.54) is 5.69 Å². The van der Waals surface area contributed by atoms with Gasteiger partial charge < -0.3 is 10.2 Å². The number of furan rings is 1. The van der Waals surface area contributed by atoms with Crippen molar-refractivity contribution in [3.05, 3.63) is 40.6 Å². The first kappa shape index (κ1) is 12.9. The Morgan fingerprint density at radius 3 is 2.61 bits per heavy atom. The van der Waals surface area contributed by atoms with Gasteiger partial charge in [0, 0.05) is 5.69 Å². The standard InChI is InChI=1S/C14H21N3O/c1-4-11-7-12(5-2)17(16-11)9-13-6-10(3)14(8-15)18-13/h6-7H,4-5,8-9,15H2,1-3H3. The molecule has 0 aliphatic carbocycles. The van der Waals surface area contributed by atoms with Crippen molar-refractivity contribution in [2.75, 3.05) is 0 Å². The van der Waals surface area contributed by atoms with Gasteiger partial charge in [0.15, 0.2) is 0 Å². The minimum atomic E-state index is 0.450. The summed E-state index contributed by atoms with van der Waals surface area (Å²) in [5, 5.41) is 4.58. The first-order valence-electron chi connectivity index (χ1n) is 6.51. The number of rotatable bonds is 5. The van der Waals surface area contributed by atoms with Gasteiger partial charge in [0.25, 0.3) is 0 Å². The van der Waals surface area contributed by atoms with Gasteiger partial charge in [0.2, 0.25) is 0 Å². The van der Waals surface area contributed by atoms with Crippen molar-refractivity contribution in [3.8, 4) is 0 Å². The van der Waals surface area contributed by atoms with Gasteiger partial charge in [-0.25, -0.2) is 0 Å². The second-order valence-corrected chi connectivity index (χ2v) is 4.51. The number of hydrogen-bond donors (Lipinski definition) is 1. The van der Waals surface area contributed by atoms with Crippen LogP contribution in [0.2, 0.25) is 0 Å². The van der Waals surface area contributed by atoms with Crippen LogP contribution in [0.25, 0.3) is 0 Å². The fourth-order valence-corrected chi connectivity index (χ4v) is 2.13. The first-order valence-corrected chi connectivity index (χ1v) is 6.51. The second kappa shape index (κ2) is 5.40. The van der Waals surface area contributed by atoms with E-state index in [0.717, 1.165) is 35.6 Å². The molecule has 0 amide bonds. The molecule has 2 rings (SSSR count). The molecule has 2 aromatic heterocycles. The van der Waals surface area contributed by atoms with Crippen molar-refractivity contribution in [1.29, 1.82) is 0 Å². The van der Waals surface area contributed by atoms with Gasteiger partial charge in [-0.15, -0.1) is 0 Å². The zero-order valence-corrected chi connectivity index (χ0v) is 11.4. The Hall–Kier alpha value is -1.55. The van der Waals surface area contributed by atoms with E-state index < -0.39 is 0 Å². The summed E-state index contributed by atoms with van der Waals surface area (Å²) in [4.78, 5) is 0. The van der Waals surface area contributed by atoms with Crippen molar-refractivity contribution in [3.63, 3.8) is 0 Å². The minimum absolute atomic E-state index is 0.450. The van der Waals surface area contributed by atoms with E-state index in [0.29, 0.717) is 13.1 Å². The zero-order valence-electron chi connectivity index (χ0n) is 11.4. The molecule has 0 atom stereocenters. The van der Waals surface area contributed by atoms with Crippen LogP contribution < -0.4 is 5.73 Å². The normalized spacial score (nSPS) is 11.1. The molecule has 0 unspecified atom stereocenters. The highest BCUT2D eigenvalue weighted by Gasteiger charge is 2.10. The van der Waals surface area contributed by atoms with Crippen LogP contribution in [0.3, 0.4) is 0 Å². The van der Waals surface area contributed by atoms with Gasteiger partial charge in [0.1, 0.15) is 11.5 Å². The largest absolute Gasteiger partial charge is 0.462 e. The average Bonchev–Trinajstić information content (AvgIpc) is 2.92. The average molecular weight is 247 g/mol. The van der Waals surface area contributed by atoms with Crippen molar-refractivity contribution in [2.45, 2.75) is 46.7 Å². The Kier molecular flexibility index (Phi) is 3.87. The molecule has 0 bridgehead atoms. The van der Waals surface area contributed by atoms with Gasteiger partial charge in [-0.1, -0.05) is 13.8 Å². The Bertz CT molecular complexity index is 525. The van der Waals surface area contributed by atoms with E-state index >= 15 is 0 Å². The predicted octanol–water partition coefficient (Wildman–Crippen LogP) is 2.42. The Morgan fingerprint density at radius 2 is 2.06 bits per heavy atom. The zero-order chi connectivity index (χ0) is 13.1. The maximum atomic E-state index is 5.72. The third-order valence-corrected chi connectivity index (χ3v) is 3.20. The molecule has 0 spiro atoms. The van der Waals surface area contributed by atoms with Crippen LogP contribution in [0.1, 0.15) is 42.3 Å². The summed E-state index contributed by atoms with van der Waals surface area (Å²) in [6, 6.07) is 4.22. The molecule has 0 aliphatic heterocycles. The molecule has 2 aromatic rings. The summed E-state index contributed by atoms with van der Waals surface area (Å²) >= 11 is 0. The Morgan fingerprint density at radius 1 is 1.28 bits per heavy atom. The van der Waals surface area contributed by atoms with Gasteiger partial charge in [0.05, 0.1) is 18.8 Å². The molecule has 2 N–H and O–H groups in total. The quantitative estimate of drug-likeness (QED) is 0.882. The Labute approximate surface area is 108 Å². The van der Waals surface area contributed by atoms with Crippen LogP contribution in [0.4, 0.5) is 0 Å². The molecular weight excluding hydrogens is 226 g/mol. The minimum Gasteiger partial charge on any atom is -0.462 e. The third-order valence-electron chi connectivity index (χ3n) is 3.20. The highest BCUT2D eigenvalue weighted by atomic mass is 16.3. The van der Waals surface area contributed by atoms with E-state index in [2.05, 4.69) is 31.1 Å². The summed E-state index contributed by atoms with van der Waals surface area (Å²) in [7, 11) is 0. The van der Waals surface area contributed by atoms with E-state index in [1.807, 2.05) is 11.6 Å². The lowest BCUT2D eigenvalue weighted by Gasteiger charge is -2.03. The molecular formula is C14H21N3O. The molecule has 0 aromatic carbocycles. The van der Waals surface area contributed by atoms with E-state index in [-0.39, 0.29) is 0 Å². The van der Waals surface area contributed by atoms with E-state index in [1.54, 1.807) is 0 Å². The van der Waals surface area contributed by atoms with Crippen molar-refractivity contribution in [2.24, 2.45) is 5.73 Å².